The second-order valence-corrected chi connectivity index (χ2v) is 5.73. The van der Waals surface area contributed by atoms with E-state index in [1.807, 2.05) is 67.6 Å². The van der Waals surface area contributed by atoms with E-state index in [0.717, 1.165) is 22.6 Å². The molecule has 0 atom stereocenters. The fourth-order valence-electron chi connectivity index (χ4n) is 2.66. The van der Waals surface area contributed by atoms with E-state index >= 15 is 0 Å². The molecule has 130 valence electrons. The van der Waals surface area contributed by atoms with E-state index in [0.29, 0.717) is 5.71 Å². The van der Waals surface area contributed by atoms with Crippen LogP contribution in [0, 0.1) is 0 Å². The van der Waals surface area contributed by atoms with Gasteiger partial charge in [0.2, 0.25) is 0 Å². The maximum Gasteiger partial charge on any atom is 0.332 e. The third kappa shape index (κ3) is 4.08. The van der Waals surface area contributed by atoms with Gasteiger partial charge in [0.15, 0.2) is 0 Å². The molecule has 3 aromatic carbocycles. The summed E-state index contributed by atoms with van der Waals surface area (Å²) in [5.41, 5.74) is 12.1. The smallest absolute Gasteiger partial charge is 0.332 e. The van der Waals surface area contributed by atoms with Gasteiger partial charge in [-0.1, -0.05) is 48.5 Å². The third-order valence-electron chi connectivity index (χ3n) is 3.91. The lowest BCUT2D eigenvalue weighted by atomic mass is 10.1. The van der Waals surface area contributed by atoms with Gasteiger partial charge in [0.25, 0.3) is 0 Å². The number of nitrogens with two attached hydrogens (primary N) is 1. The van der Waals surface area contributed by atoms with Gasteiger partial charge in [-0.3, -0.25) is 0 Å². The minimum atomic E-state index is -0.680. The van der Waals surface area contributed by atoms with Gasteiger partial charge in [-0.2, -0.15) is 5.10 Å². The largest absolute Gasteiger partial charge is 0.350 e. The number of primary amides is 1. The number of para-hydroxylation sites is 2. The number of nitrogens with one attached hydrogen (secondary N) is 1. The highest BCUT2D eigenvalue weighted by atomic mass is 16.2. The maximum absolute atomic E-state index is 10.8. The Labute approximate surface area is 152 Å². The van der Waals surface area contributed by atoms with Crippen molar-refractivity contribution >= 4 is 28.8 Å². The number of carbonyl (C=O) groups is 1. The Morgan fingerprint density at radius 2 is 1.27 bits per heavy atom. The molecule has 0 aromatic heterocycles. The molecular formula is C21H20N4O. The fourth-order valence-corrected chi connectivity index (χ4v) is 2.66. The first-order chi connectivity index (χ1) is 12.6. The van der Waals surface area contributed by atoms with Crippen LogP contribution < -0.4 is 16.1 Å². The van der Waals surface area contributed by atoms with Crippen LogP contribution in [0.25, 0.3) is 0 Å². The molecule has 0 radical (unpaired) electrons. The van der Waals surface area contributed by atoms with Crippen LogP contribution in [0.1, 0.15) is 12.5 Å². The molecule has 26 heavy (non-hydrogen) atoms. The number of amides is 2. The minimum absolute atomic E-state index is 0.680. The molecule has 5 heteroatoms. The highest BCUT2D eigenvalue weighted by Gasteiger charge is 2.11. The summed E-state index contributed by atoms with van der Waals surface area (Å²) in [4.78, 5) is 13.0. The van der Waals surface area contributed by atoms with Gasteiger partial charge in [-0.15, -0.1) is 0 Å². The number of hydrogen-bond donors (Lipinski definition) is 2. The Kier molecular flexibility index (Phi) is 5.29. The van der Waals surface area contributed by atoms with Gasteiger partial charge in [0.05, 0.1) is 5.71 Å². The molecule has 0 unspecified atom stereocenters. The fraction of sp³-hybridized carbons (Fsp3) is 0.0476. The molecule has 0 saturated heterocycles. The summed E-state index contributed by atoms with van der Waals surface area (Å²) in [7, 11) is 0. The second kappa shape index (κ2) is 7.98. The number of hydrogen-bond acceptors (Lipinski definition) is 3. The van der Waals surface area contributed by atoms with E-state index in [2.05, 4.69) is 39.7 Å². The van der Waals surface area contributed by atoms with E-state index in [4.69, 9.17) is 5.73 Å². The van der Waals surface area contributed by atoms with Crippen molar-refractivity contribution in [1.82, 2.24) is 5.43 Å². The van der Waals surface area contributed by atoms with Crippen molar-refractivity contribution in [3.8, 4) is 0 Å². The summed E-state index contributed by atoms with van der Waals surface area (Å²) in [6.45, 7) is 1.82. The van der Waals surface area contributed by atoms with E-state index in [1.54, 1.807) is 0 Å². The number of carbonyl (C=O) groups excluding carboxylic acids is 1. The van der Waals surface area contributed by atoms with Crippen molar-refractivity contribution in [2.75, 3.05) is 4.90 Å². The van der Waals surface area contributed by atoms with Crippen molar-refractivity contribution in [2.45, 2.75) is 6.92 Å². The van der Waals surface area contributed by atoms with Crippen molar-refractivity contribution in [1.29, 1.82) is 0 Å². The van der Waals surface area contributed by atoms with Crippen LogP contribution in [0.4, 0.5) is 21.9 Å². The van der Waals surface area contributed by atoms with Crippen molar-refractivity contribution < 1.29 is 4.79 Å². The van der Waals surface area contributed by atoms with E-state index in [-0.39, 0.29) is 0 Å². The average Bonchev–Trinajstić information content (AvgIpc) is 2.68. The number of rotatable bonds is 5. The summed E-state index contributed by atoms with van der Waals surface area (Å²) in [6.07, 6.45) is 0. The van der Waals surface area contributed by atoms with E-state index in [9.17, 15) is 4.79 Å². The number of nitrogens with zero attached hydrogens (tertiary/aromatic N) is 2. The lowest BCUT2D eigenvalue weighted by Gasteiger charge is -2.25. The Morgan fingerprint density at radius 3 is 1.73 bits per heavy atom. The normalized spacial score (nSPS) is 11.0. The Morgan fingerprint density at radius 1 is 0.808 bits per heavy atom. The quantitative estimate of drug-likeness (QED) is 0.526. The second-order valence-electron chi connectivity index (χ2n) is 5.73. The average molecular weight is 344 g/mol. The van der Waals surface area contributed by atoms with Gasteiger partial charge >= 0.3 is 6.03 Å². The summed E-state index contributed by atoms with van der Waals surface area (Å²) in [5, 5.41) is 3.96. The molecule has 0 spiro atoms. The molecule has 0 fully saturated rings. The molecule has 3 N–H and O–H groups in total. The highest BCUT2D eigenvalue weighted by molar-refractivity contribution is 5.99. The first-order valence-corrected chi connectivity index (χ1v) is 8.25. The summed E-state index contributed by atoms with van der Waals surface area (Å²) in [5.74, 6) is 0. The standard InChI is InChI=1S/C21H20N4O/c1-16(23-24-21(22)26)17-12-14-20(15-13-17)25(18-8-4-2-5-9-18)19-10-6-3-7-11-19/h2-15H,1H3,(H3,22,24,26). The molecule has 2 amide bonds. The van der Waals surface area contributed by atoms with Gasteiger partial charge in [0, 0.05) is 17.1 Å². The number of urea groups is 1. The predicted octanol–water partition coefficient (Wildman–Crippen LogP) is 4.55. The van der Waals surface area contributed by atoms with Gasteiger partial charge in [-0.25, -0.2) is 10.2 Å². The van der Waals surface area contributed by atoms with Crippen LogP contribution in [0.15, 0.2) is 90.0 Å². The first-order valence-electron chi connectivity index (χ1n) is 8.25. The van der Waals surface area contributed by atoms with Crippen molar-refractivity contribution in [3.05, 3.63) is 90.5 Å². The van der Waals surface area contributed by atoms with Crippen molar-refractivity contribution in [2.24, 2.45) is 10.8 Å². The summed E-state index contributed by atoms with van der Waals surface area (Å²) >= 11 is 0. The molecule has 0 aliphatic carbocycles. The first kappa shape index (κ1) is 17.2. The van der Waals surface area contributed by atoms with Crippen LogP contribution >= 0.6 is 0 Å². The molecule has 0 aliphatic rings. The van der Waals surface area contributed by atoms with Crippen LogP contribution in [0.2, 0.25) is 0 Å². The number of benzene rings is 3. The zero-order valence-corrected chi connectivity index (χ0v) is 14.5. The Hall–Kier alpha value is -3.60. The monoisotopic (exact) mass is 344 g/mol. The topological polar surface area (TPSA) is 70.7 Å². The number of anilines is 3. The molecular weight excluding hydrogens is 324 g/mol. The van der Waals surface area contributed by atoms with E-state index in [1.165, 1.54) is 0 Å². The summed E-state index contributed by atoms with van der Waals surface area (Å²) < 4.78 is 0. The van der Waals surface area contributed by atoms with Gasteiger partial charge in [-0.05, 0) is 48.9 Å². The zero-order valence-electron chi connectivity index (χ0n) is 14.5. The summed E-state index contributed by atoms with van der Waals surface area (Å²) in [6, 6.07) is 27.7. The third-order valence-corrected chi connectivity index (χ3v) is 3.91. The molecule has 3 rings (SSSR count). The van der Waals surface area contributed by atoms with Crippen LogP contribution in [0.5, 0.6) is 0 Å². The van der Waals surface area contributed by atoms with Gasteiger partial charge in [0.1, 0.15) is 0 Å². The van der Waals surface area contributed by atoms with Gasteiger partial charge < -0.3 is 10.6 Å². The zero-order chi connectivity index (χ0) is 18.4. The maximum atomic E-state index is 10.8. The minimum Gasteiger partial charge on any atom is -0.350 e. The predicted molar refractivity (Wildman–Crippen MR) is 106 cm³/mol. The van der Waals surface area contributed by atoms with Crippen LogP contribution in [-0.4, -0.2) is 11.7 Å². The molecule has 0 heterocycles. The lowest BCUT2D eigenvalue weighted by Crippen LogP contribution is -2.25. The van der Waals surface area contributed by atoms with Crippen LogP contribution in [0.3, 0.4) is 0 Å². The Balaban J connectivity index is 1.95. The van der Waals surface area contributed by atoms with E-state index < -0.39 is 6.03 Å². The van der Waals surface area contributed by atoms with Crippen molar-refractivity contribution in [3.63, 3.8) is 0 Å². The SMILES string of the molecule is CC(=NNC(N)=O)c1ccc(N(c2ccccc2)c2ccccc2)cc1. The highest BCUT2D eigenvalue weighted by Crippen LogP contribution is 2.33. The molecule has 3 aromatic rings. The Bertz CT molecular complexity index is 851. The molecule has 0 bridgehead atoms. The molecule has 0 aliphatic heterocycles. The van der Waals surface area contributed by atoms with Crippen LogP contribution in [-0.2, 0) is 0 Å². The number of hydrazone groups is 1. The molecule has 0 saturated carbocycles. The lowest BCUT2D eigenvalue weighted by molar-refractivity contribution is 0.249. The molecule has 5 nitrogen and oxygen atoms in total.